The molecule has 4 amide bonds. The first-order valence-corrected chi connectivity index (χ1v) is 8.12. The minimum Gasteiger partial charge on any atom is -0.354 e. The molecule has 0 aromatic heterocycles. The first-order valence-electron chi connectivity index (χ1n) is 8.12. The highest BCUT2D eigenvalue weighted by Crippen LogP contribution is 2.39. The average Bonchev–Trinajstić information content (AvgIpc) is 2.63. The lowest BCUT2D eigenvalue weighted by Crippen LogP contribution is -2.51. The third kappa shape index (κ3) is 2.47. The Morgan fingerprint density at radius 2 is 1.95 bits per heavy atom. The smallest absolute Gasteiger partial charge is 0.327 e. The topological polar surface area (TPSA) is 81.8 Å². The van der Waals surface area contributed by atoms with Crippen LogP contribution in [0.2, 0.25) is 0 Å². The Labute approximate surface area is 130 Å². The van der Waals surface area contributed by atoms with Gasteiger partial charge in [0.25, 0.3) is 5.91 Å². The van der Waals surface area contributed by atoms with Gasteiger partial charge in [0.15, 0.2) is 0 Å². The number of rotatable bonds is 4. The molecule has 0 unspecified atom stereocenters. The van der Waals surface area contributed by atoms with Crippen LogP contribution in [0.3, 0.4) is 0 Å². The van der Waals surface area contributed by atoms with Crippen molar-refractivity contribution >= 4 is 17.8 Å². The lowest BCUT2D eigenvalue weighted by atomic mass is 9.81. The largest absolute Gasteiger partial charge is 0.354 e. The van der Waals surface area contributed by atoms with Crippen LogP contribution in [0.15, 0.2) is 0 Å². The van der Waals surface area contributed by atoms with Gasteiger partial charge in [-0.3, -0.25) is 14.5 Å². The highest BCUT2D eigenvalue weighted by atomic mass is 16.2. The number of likely N-dealkylation sites (N-methyl/N-ethyl adjacent to an activating group) is 1. The summed E-state index contributed by atoms with van der Waals surface area (Å²) >= 11 is 0. The van der Waals surface area contributed by atoms with Gasteiger partial charge in [-0.1, -0.05) is 19.3 Å². The Morgan fingerprint density at radius 1 is 1.27 bits per heavy atom. The van der Waals surface area contributed by atoms with Crippen molar-refractivity contribution in [2.24, 2.45) is 5.92 Å². The fourth-order valence-corrected chi connectivity index (χ4v) is 3.62. The van der Waals surface area contributed by atoms with E-state index in [4.69, 9.17) is 0 Å². The van der Waals surface area contributed by atoms with Crippen LogP contribution in [0, 0.1) is 5.92 Å². The van der Waals surface area contributed by atoms with Crippen molar-refractivity contribution in [3.8, 4) is 0 Å². The van der Waals surface area contributed by atoms with Crippen molar-refractivity contribution in [3.05, 3.63) is 0 Å². The molecule has 22 heavy (non-hydrogen) atoms. The maximum Gasteiger partial charge on any atom is 0.327 e. The van der Waals surface area contributed by atoms with E-state index in [1.807, 2.05) is 0 Å². The van der Waals surface area contributed by atoms with Crippen LogP contribution < -0.4 is 10.6 Å². The number of hydrogen-bond donors (Lipinski definition) is 2. The number of amides is 4. The summed E-state index contributed by atoms with van der Waals surface area (Å²) in [5, 5.41) is 5.96. The van der Waals surface area contributed by atoms with Gasteiger partial charge in [-0.15, -0.1) is 0 Å². The minimum absolute atomic E-state index is 0.163. The van der Waals surface area contributed by atoms with Crippen LogP contribution in [0.25, 0.3) is 0 Å². The maximum atomic E-state index is 12.7. The van der Waals surface area contributed by atoms with Crippen LogP contribution in [0.1, 0.15) is 32.1 Å². The van der Waals surface area contributed by atoms with E-state index in [0.717, 1.165) is 37.3 Å². The summed E-state index contributed by atoms with van der Waals surface area (Å²) in [5.74, 6) is 0.0105. The molecular formula is C15H24N4O3. The number of imide groups is 1. The second kappa shape index (κ2) is 5.87. The summed E-state index contributed by atoms with van der Waals surface area (Å²) in [6.45, 7) is 2.26. The zero-order valence-electron chi connectivity index (χ0n) is 13.1. The quantitative estimate of drug-likeness (QED) is 0.712. The van der Waals surface area contributed by atoms with E-state index < -0.39 is 5.54 Å². The fourth-order valence-electron chi connectivity index (χ4n) is 3.62. The highest BCUT2D eigenvalue weighted by Gasteiger charge is 2.55. The molecule has 3 rings (SSSR count). The Hall–Kier alpha value is -1.63. The lowest BCUT2D eigenvalue weighted by molar-refractivity contribution is -0.137. The number of carbonyl (C=O) groups is 3. The Balaban J connectivity index is 1.61. The van der Waals surface area contributed by atoms with Crippen LogP contribution in [0.5, 0.6) is 0 Å². The Morgan fingerprint density at radius 3 is 2.55 bits per heavy atom. The van der Waals surface area contributed by atoms with Gasteiger partial charge in [0.2, 0.25) is 5.91 Å². The molecule has 2 aliphatic heterocycles. The minimum atomic E-state index is -0.701. The Kier molecular flexibility index (Phi) is 4.08. The van der Waals surface area contributed by atoms with Crippen molar-refractivity contribution in [2.75, 3.05) is 33.2 Å². The van der Waals surface area contributed by atoms with Crippen molar-refractivity contribution in [3.63, 3.8) is 0 Å². The van der Waals surface area contributed by atoms with Gasteiger partial charge >= 0.3 is 6.03 Å². The van der Waals surface area contributed by atoms with Gasteiger partial charge in [0.05, 0.1) is 0 Å². The number of hydrogen-bond acceptors (Lipinski definition) is 4. The molecule has 1 spiro atoms. The molecule has 0 atom stereocenters. The van der Waals surface area contributed by atoms with Gasteiger partial charge in [0, 0.05) is 32.6 Å². The number of nitrogens with one attached hydrogen (secondary N) is 2. The number of nitrogens with zero attached hydrogens (tertiary/aromatic N) is 2. The molecule has 0 radical (unpaired) electrons. The van der Waals surface area contributed by atoms with E-state index in [0.29, 0.717) is 25.3 Å². The predicted octanol–water partition coefficient (Wildman–Crippen LogP) is -0.0811. The number of urea groups is 1. The molecule has 7 heteroatoms. The summed E-state index contributed by atoms with van der Waals surface area (Å²) in [4.78, 5) is 39.8. The summed E-state index contributed by atoms with van der Waals surface area (Å²) in [6.07, 6.45) is 4.43. The first-order chi connectivity index (χ1) is 10.5. The van der Waals surface area contributed by atoms with E-state index in [9.17, 15) is 14.4 Å². The molecule has 0 aromatic carbocycles. The molecular weight excluding hydrogens is 284 g/mol. The lowest BCUT2D eigenvalue weighted by Gasteiger charge is -2.35. The van der Waals surface area contributed by atoms with Gasteiger partial charge < -0.3 is 15.5 Å². The van der Waals surface area contributed by atoms with E-state index >= 15 is 0 Å². The maximum absolute atomic E-state index is 12.7. The monoisotopic (exact) mass is 308 g/mol. The Bertz CT molecular complexity index is 483. The number of carbonyl (C=O) groups excluding carboxylic acids is 3. The summed E-state index contributed by atoms with van der Waals surface area (Å²) in [6, 6.07) is -0.340. The van der Waals surface area contributed by atoms with Gasteiger partial charge in [-0.25, -0.2) is 4.79 Å². The van der Waals surface area contributed by atoms with Crippen molar-refractivity contribution in [2.45, 2.75) is 37.6 Å². The van der Waals surface area contributed by atoms with Crippen LogP contribution in [0.4, 0.5) is 4.79 Å². The molecule has 0 aromatic rings. The van der Waals surface area contributed by atoms with Crippen LogP contribution >= 0.6 is 0 Å². The van der Waals surface area contributed by atoms with E-state index in [1.165, 1.54) is 0 Å². The molecule has 1 saturated carbocycles. The molecule has 122 valence electrons. The molecule has 3 fully saturated rings. The zero-order chi connectivity index (χ0) is 15.7. The third-order valence-corrected chi connectivity index (χ3v) is 5.24. The molecule has 2 heterocycles. The van der Waals surface area contributed by atoms with Gasteiger partial charge in [-0.05, 0) is 12.8 Å². The molecule has 2 N–H and O–H groups in total. The van der Waals surface area contributed by atoms with Crippen molar-refractivity contribution < 1.29 is 14.4 Å². The van der Waals surface area contributed by atoms with Crippen molar-refractivity contribution in [1.82, 2.24) is 20.4 Å². The molecule has 7 nitrogen and oxygen atoms in total. The zero-order valence-corrected chi connectivity index (χ0v) is 13.1. The summed E-state index contributed by atoms with van der Waals surface area (Å²) < 4.78 is 0. The third-order valence-electron chi connectivity index (χ3n) is 5.24. The standard InChI is InChI=1S/C15H24N4O3/c1-18-14(22)19(10-12(20)17-9-11-7-16-8-11)13(21)15(18)5-3-2-4-6-15/h11,16H,2-10H2,1H3,(H,17,20). The van der Waals surface area contributed by atoms with E-state index in [-0.39, 0.29) is 24.4 Å². The second-order valence-corrected chi connectivity index (χ2v) is 6.65. The normalized spacial score (nSPS) is 24.8. The SMILES string of the molecule is CN1C(=O)N(CC(=O)NCC2CNC2)C(=O)C12CCCCC2. The van der Waals surface area contributed by atoms with Crippen LogP contribution in [-0.2, 0) is 9.59 Å². The average molecular weight is 308 g/mol. The summed E-state index contributed by atoms with van der Waals surface area (Å²) in [7, 11) is 1.68. The molecule has 2 saturated heterocycles. The van der Waals surface area contributed by atoms with E-state index in [1.54, 1.807) is 11.9 Å². The van der Waals surface area contributed by atoms with Crippen molar-refractivity contribution in [1.29, 1.82) is 0 Å². The van der Waals surface area contributed by atoms with Gasteiger partial charge in [0.1, 0.15) is 12.1 Å². The second-order valence-electron chi connectivity index (χ2n) is 6.65. The van der Waals surface area contributed by atoms with Crippen LogP contribution in [-0.4, -0.2) is 66.4 Å². The summed E-state index contributed by atoms with van der Waals surface area (Å²) in [5.41, 5.74) is -0.701. The molecule has 3 aliphatic rings. The highest BCUT2D eigenvalue weighted by molar-refractivity contribution is 6.08. The van der Waals surface area contributed by atoms with E-state index in [2.05, 4.69) is 10.6 Å². The van der Waals surface area contributed by atoms with Gasteiger partial charge in [-0.2, -0.15) is 0 Å². The first kappa shape index (κ1) is 15.3. The molecule has 1 aliphatic carbocycles. The molecule has 0 bridgehead atoms. The predicted molar refractivity (Wildman–Crippen MR) is 80.1 cm³/mol. The fraction of sp³-hybridized carbons (Fsp3) is 0.800.